The summed E-state index contributed by atoms with van der Waals surface area (Å²) in [4.78, 5) is 9.94. The van der Waals surface area contributed by atoms with Crippen LogP contribution in [0.2, 0.25) is 0 Å². The van der Waals surface area contributed by atoms with E-state index in [1.165, 1.54) is 54.8 Å². The van der Waals surface area contributed by atoms with Gasteiger partial charge in [0.2, 0.25) is 11.8 Å². The summed E-state index contributed by atoms with van der Waals surface area (Å²) in [5, 5.41) is 4.90. The van der Waals surface area contributed by atoms with Crippen LogP contribution in [0.4, 0.5) is 0 Å². The van der Waals surface area contributed by atoms with Gasteiger partial charge in [-0.3, -0.25) is 0 Å². The van der Waals surface area contributed by atoms with Crippen molar-refractivity contribution in [2.45, 2.75) is 0 Å². The van der Waals surface area contributed by atoms with Crippen molar-refractivity contribution < 1.29 is 8.83 Å². The minimum atomic E-state index is 0.580. The molecule has 0 aliphatic heterocycles. The molecule has 4 aromatic heterocycles. The summed E-state index contributed by atoms with van der Waals surface area (Å²) in [7, 11) is 0. The van der Waals surface area contributed by atoms with Crippen molar-refractivity contribution in [2.75, 3.05) is 0 Å². The van der Waals surface area contributed by atoms with Gasteiger partial charge in [0.05, 0.1) is 22.1 Å². The molecule has 14 rings (SSSR count). The van der Waals surface area contributed by atoms with Gasteiger partial charge in [0.1, 0.15) is 11.0 Å². The van der Waals surface area contributed by atoms with E-state index in [0.29, 0.717) is 11.8 Å². The number of hydrogen-bond acceptors (Lipinski definition) is 4. The van der Waals surface area contributed by atoms with E-state index in [4.69, 9.17) is 18.8 Å². The maximum Gasteiger partial charge on any atom is 0.227 e. The summed E-state index contributed by atoms with van der Waals surface area (Å²) in [5.41, 5.74) is 18.5. The van der Waals surface area contributed by atoms with Crippen LogP contribution in [0.25, 0.3) is 133 Å². The summed E-state index contributed by atoms with van der Waals surface area (Å²) < 4.78 is 17.4. The highest BCUT2D eigenvalue weighted by Gasteiger charge is 2.18. The Labute approximate surface area is 390 Å². The number of hydrogen-bond donors (Lipinski definition) is 0. The van der Waals surface area contributed by atoms with Gasteiger partial charge in [-0.1, -0.05) is 121 Å². The SMILES string of the molecule is c1ccc(-c2ccc3c(c2)c2ccccc2n3-c2ccc(-c3nc4cc(-c5ccc6oc(-c7ccc(-n8c9ccccc9c9cc(-c%10ccccc%10)ccc98)cc7)nc6c5)ccc4o3)cc2)cc1. The Morgan fingerprint density at radius 3 is 1.06 bits per heavy atom. The first-order valence-corrected chi connectivity index (χ1v) is 22.9. The van der Waals surface area contributed by atoms with Gasteiger partial charge in [-0.05, 0) is 143 Å². The van der Waals surface area contributed by atoms with E-state index in [2.05, 4.69) is 228 Å². The van der Waals surface area contributed by atoms with E-state index in [9.17, 15) is 0 Å². The zero-order valence-corrected chi connectivity index (χ0v) is 36.5. The Morgan fingerprint density at radius 1 is 0.265 bits per heavy atom. The predicted molar refractivity (Wildman–Crippen MR) is 277 cm³/mol. The lowest BCUT2D eigenvalue weighted by Crippen LogP contribution is -1.93. The minimum Gasteiger partial charge on any atom is -0.436 e. The maximum atomic E-state index is 6.34. The van der Waals surface area contributed by atoms with Crippen molar-refractivity contribution in [3.63, 3.8) is 0 Å². The third-order valence-electron chi connectivity index (χ3n) is 13.4. The third-order valence-corrected chi connectivity index (χ3v) is 13.4. The average Bonchev–Trinajstić information content (AvgIpc) is 4.19. The Bertz CT molecular complexity index is 3960. The zero-order valence-electron chi connectivity index (χ0n) is 36.5. The van der Waals surface area contributed by atoms with Gasteiger partial charge in [0.15, 0.2) is 11.2 Å². The molecule has 6 nitrogen and oxygen atoms in total. The number of oxazole rings is 2. The van der Waals surface area contributed by atoms with Gasteiger partial charge < -0.3 is 18.0 Å². The second-order valence-electron chi connectivity index (χ2n) is 17.4. The highest BCUT2D eigenvalue weighted by molar-refractivity contribution is 6.11. The van der Waals surface area contributed by atoms with Crippen LogP contribution in [0.3, 0.4) is 0 Å². The number of fused-ring (bicyclic) bond motifs is 8. The number of benzene rings is 10. The second-order valence-corrected chi connectivity index (χ2v) is 17.4. The molecule has 0 saturated carbocycles. The molecule has 0 unspecified atom stereocenters. The number of aromatic nitrogens is 4. The lowest BCUT2D eigenvalue weighted by atomic mass is 10.0. The highest BCUT2D eigenvalue weighted by Crippen LogP contribution is 2.38. The Kier molecular flexibility index (Phi) is 8.48. The molecule has 0 radical (unpaired) electrons. The van der Waals surface area contributed by atoms with Gasteiger partial charge in [0, 0.05) is 44.0 Å². The molecule has 0 atom stereocenters. The summed E-state index contributed by atoms with van der Waals surface area (Å²) in [6, 6.07) is 81.1. The van der Waals surface area contributed by atoms with Crippen molar-refractivity contribution in [2.24, 2.45) is 0 Å². The molecule has 0 spiro atoms. The largest absolute Gasteiger partial charge is 0.436 e. The van der Waals surface area contributed by atoms with Crippen LogP contribution in [0.5, 0.6) is 0 Å². The summed E-state index contributed by atoms with van der Waals surface area (Å²) in [6.07, 6.45) is 0. The van der Waals surface area contributed by atoms with E-state index in [1.54, 1.807) is 0 Å². The highest BCUT2D eigenvalue weighted by atomic mass is 16.4. The van der Waals surface area contributed by atoms with E-state index >= 15 is 0 Å². The second kappa shape index (κ2) is 15.2. The van der Waals surface area contributed by atoms with E-state index in [-0.39, 0.29) is 0 Å². The van der Waals surface area contributed by atoms with Crippen LogP contribution in [0.15, 0.2) is 239 Å². The Morgan fingerprint density at radius 2 is 0.618 bits per heavy atom. The molecular weight excluding hydrogens is 833 g/mol. The van der Waals surface area contributed by atoms with Crippen LogP contribution >= 0.6 is 0 Å². The molecular formula is C62H38N4O2. The van der Waals surface area contributed by atoms with Crippen LogP contribution < -0.4 is 0 Å². The molecule has 6 heteroatoms. The van der Waals surface area contributed by atoms with Crippen LogP contribution in [0.1, 0.15) is 0 Å². The number of nitrogens with zero attached hydrogens (tertiary/aromatic N) is 4. The molecule has 0 amide bonds. The van der Waals surface area contributed by atoms with Crippen LogP contribution in [-0.4, -0.2) is 19.1 Å². The number of para-hydroxylation sites is 2. The topological polar surface area (TPSA) is 61.9 Å². The molecule has 0 saturated heterocycles. The molecule has 0 aliphatic carbocycles. The molecule has 10 aromatic carbocycles. The Balaban J connectivity index is 0.738. The van der Waals surface area contributed by atoms with E-state index < -0.39 is 0 Å². The first-order chi connectivity index (χ1) is 33.7. The summed E-state index contributed by atoms with van der Waals surface area (Å²) in [6.45, 7) is 0. The van der Waals surface area contributed by atoms with Gasteiger partial charge in [-0.2, -0.15) is 0 Å². The molecule has 0 N–H and O–H groups in total. The van der Waals surface area contributed by atoms with Crippen molar-refractivity contribution in [1.82, 2.24) is 19.1 Å². The first-order valence-electron chi connectivity index (χ1n) is 22.9. The molecule has 4 heterocycles. The van der Waals surface area contributed by atoms with E-state index in [1.807, 2.05) is 12.1 Å². The third kappa shape index (κ3) is 6.19. The van der Waals surface area contributed by atoms with Gasteiger partial charge in [-0.25, -0.2) is 9.97 Å². The maximum absolute atomic E-state index is 6.34. The van der Waals surface area contributed by atoms with Gasteiger partial charge in [0.25, 0.3) is 0 Å². The van der Waals surface area contributed by atoms with Crippen molar-refractivity contribution in [3.05, 3.63) is 231 Å². The fourth-order valence-electron chi connectivity index (χ4n) is 10.1. The fourth-order valence-corrected chi connectivity index (χ4v) is 10.1. The predicted octanol–water partition coefficient (Wildman–Crippen LogP) is 16.5. The van der Waals surface area contributed by atoms with Crippen LogP contribution in [-0.2, 0) is 0 Å². The Hall–Kier alpha value is -9.26. The zero-order chi connectivity index (χ0) is 44.7. The van der Waals surface area contributed by atoms with E-state index in [0.717, 1.165) is 66.9 Å². The molecule has 0 aliphatic rings. The molecule has 14 aromatic rings. The molecule has 0 fully saturated rings. The average molecular weight is 871 g/mol. The van der Waals surface area contributed by atoms with Gasteiger partial charge >= 0.3 is 0 Å². The minimum absolute atomic E-state index is 0.580. The van der Waals surface area contributed by atoms with Crippen molar-refractivity contribution in [3.8, 4) is 67.7 Å². The first kappa shape index (κ1) is 38.1. The lowest BCUT2D eigenvalue weighted by Gasteiger charge is -2.09. The molecule has 318 valence electrons. The summed E-state index contributed by atoms with van der Waals surface area (Å²) >= 11 is 0. The quantitative estimate of drug-likeness (QED) is 0.160. The van der Waals surface area contributed by atoms with Crippen molar-refractivity contribution >= 4 is 65.8 Å². The fraction of sp³-hybridized carbons (Fsp3) is 0. The molecule has 68 heavy (non-hydrogen) atoms. The smallest absolute Gasteiger partial charge is 0.227 e. The van der Waals surface area contributed by atoms with Gasteiger partial charge in [-0.15, -0.1) is 0 Å². The van der Waals surface area contributed by atoms with Crippen LogP contribution in [0, 0.1) is 0 Å². The monoisotopic (exact) mass is 870 g/mol. The standard InChI is InChI=1S/C62H38N4O2/c1-3-11-39(12-4-1)43-23-31-57-51(35-43)49-15-7-9-17-55(49)65(57)47-27-19-41(20-28-47)61-63-53-37-45(25-33-59(53)67-61)46-26-34-60-54(38-46)64-62(68-60)42-21-29-48(30-22-42)66-56-18-10-8-16-50(56)52-36-44(24-32-58(52)66)40-13-5-2-6-14-40/h1-38H. The van der Waals surface area contributed by atoms with Crippen molar-refractivity contribution in [1.29, 1.82) is 0 Å². The number of rotatable bonds is 7. The normalized spacial score (nSPS) is 11.8. The molecule has 0 bridgehead atoms. The lowest BCUT2D eigenvalue weighted by molar-refractivity contribution is 0.619. The summed E-state index contributed by atoms with van der Waals surface area (Å²) in [5.74, 6) is 1.16.